The number of rotatable bonds is 4. The lowest BCUT2D eigenvalue weighted by Gasteiger charge is -2.24. The van der Waals surface area contributed by atoms with Gasteiger partial charge in [-0.05, 0) is 51.8 Å². The summed E-state index contributed by atoms with van der Waals surface area (Å²) in [4.78, 5) is 24.9. The summed E-state index contributed by atoms with van der Waals surface area (Å²) in [7, 11) is 1.51. The monoisotopic (exact) mass is 324 g/mol. The van der Waals surface area contributed by atoms with Gasteiger partial charge in [0, 0.05) is 10.6 Å². The standard InChI is InChI=1S/C16H21ClN2O3/c1-15(2,3)19-14(21)16(7-8-16)13(20)18-11-9-10(17)5-6-12(11)22-4/h5-6,9H,7-8H2,1-4H3,(H,18,20)(H,19,21). The van der Waals surface area contributed by atoms with E-state index in [1.54, 1.807) is 18.2 Å². The highest BCUT2D eigenvalue weighted by molar-refractivity contribution is 6.31. The highest BCUT2D eigenvalue weighted by atomic mass is 35.5. The Morgan fingerprint density at radius 1 is 1.23 bits per heavy atom. The van der Waals surface area contributed by atoms with Gasteiger partial charge >= 0.3 is 0 Å². The first kappa shape index (κ1) is 16.6. The normalized spacial score (nSPS) is 15.9. The third-order valence-corrected chi connectivity index (χ3v) is 3.75. The van der Waals surface area contributed by atoms with Gasteiger partial charge in [-0.3, -0.25) is 9.59 Å². The lowest BCUT2D eigenvalue weighted by Crippen LogP contribution is -2.48. The predicted molar refractivity (Wildman–Crippen MR) is 86.2 cm³/mol. The van der Waals surface area contributed by atoms with Crippen LogP contribution in [0.5, 0.6) is 5.75 Å². The summed E-state index contributed by atoms with van der Waals surface area (Å²) in [5.74, 6) is -0.0573. The molecule has 1 aromatic rings. The van der Waals surface area contributed by atoms with Crippen molar-refractivity contribution in [3.8, 4) is 5.75 Å². The van der Waals surface area contributed by atoms with Gasteiger partial charge in [-0.2, -0.15) is 0 Å². The van der Waals surface area contributed by atoms with E-state index < -0.39 is 5.41 Å². The molecule has 2 amide bonds. The van der Waals surface area contributed by atoms with Crippen LogP contribution in [0.15, 0.2) is 18.2 Å². The number of carbonyl (C=O) groups excluding carboxylic acids is 2. The highest BCUT2D eigenvalue weighted by Gasteiger charge is 2.57. The number of carbonyl (C=O) groups is 2. The van der Waals surface area contributed by atoms with E-state index in [0.717, 1.165) is 0 Å². The molecule has 1 aliphatic rings. The van der Waals surface area contributed by atoms with Crippen LogP contribution in [0.4, 0.5) is 5.69 Å². The fourth-order valence-electron chi connectivity index (χ4n) is 2.16. The van der Waals surface area contributed by atoms with E-state index in [9.17, 15) is 9.59 Å². The molecule has 2 rings (SSSR count). The number of halogens is 1. The van der Waals surface area contributed by atoms with Crippen molar-refractivity contribution in [3.63, 3.8) is 0 Å². The predicted octanol–water partition coefficient (Wildman–Crippen LogP) is 2.98. The van der Waals surface area contributed by atoms with Gasteiger partial charge in [0.2, 0.25) is 11.8 Å². The van der Waals surface area contributed by atoms with Crippen LogP contribution >= 0.6 is 11.6 Å². The largest absolute Gasteiger partial charge is 0.495 e. The molecule has 0 radical (unpaired) electrons. The van der Waals surface area contributed by atoms with Crippen molar-refractivity contribution < 1.29 is 14.3 Å². The average Bonchev–Trinajstić information content (AvgIpc) is 3.18. The Balaban J connectivity index is 2.16. The first-order valence-corrected chi connectivity index (χ1v) is 7.53. The van der Waals surface area contributed by atoms with Gasteiger partial charge in [-0.25, -0.2) is 0 Å². The van der Waals surface area contributed by atoms with Gasteiger partial charge < -0.3 is 15.4 Å². The molecular formula is C16H21ClN2O3. The van der Waals surface area contributed by atoms with Crippen LogP contribution in [0.2, 0.25) is 5.02 Å². The van der Waals surface area contributed by atoms with Crippen LogP contribution in [-0.2, 0) is 9.59 Å². The van der Waals surface area contributed by atoms with Crippen LogP contribution in [0, 0.1) is 5.41 Å². The molecule has 0 spiro atoms. The minimum absolute atomic E-state index is 0.238. The maximum Gasteiger partial charge on any atom is 0.240 e. The maximum absolute atomic E-state index is 12.5. The topological polar surface area (TPSA) is 67.4 Å². The van der Waals surface area contributed by atoms with Gasteiger partial charge in [0.25, 0.3) is 0 Å². The first-order valence-electron chi connectivity index (χ1n) is 7.15. The molecule has 0 aromatic heterocycles. The molecule has 22 heavy (non-hydrogen) atoms. The SMILES string of the molecule is COc1ccc(Cl)cc1NC(=O)C1(C(=O)NC(C)(C)C)CC1. The van der Waals surface area contributed by atoms with Crippen molar-refractivity contribution in [2.75, 3.05) is 12.4 Å². The Morgan fingerprint density at radius 3 is 2.36 bits per heavy atom. The molecule has 0 unspecified atom stereocenters. The average molecular weight is 325 g/mol. The molecule has 120 valence electrons. The quantitative estimate of drug-likeness (QED) is 0.837. The number of benzene rings is 1. The second kappa shape index (κ2) is 5.80. The van der Waals surface area contributed by atoms with E-state index in [1.165, 1.54) is 7.11 Å². The summed E-state index contributed by atoms with van der Waals surface area (Å²) in [5.41, 5.74) is -0.892. The zero-order chi connectivity index (χ0) is 16.5. The number of amides is 2. The molecule has 0 saturated heterocycles. The van der Waals surface area contributed by atoms with Gasteiger partial charge in [-0.1, -0.05) is 11.6 Å². The van der Waals surface area contributed by atoms with Crippen LogP contribution in [0.25, 0.3) is 0 Å². The highest BCUT2D eigenvalue weighted by Crippen LogP contribution is 2.47. The minimum Gasteiger partial charge on any atom is -0.495 e. The molecule has 1 aromatic carbocycles. The second-order valence-electron chi connectivity index (χ2n) is 6.58. The minimum atomic E-state index is -0.986. The van der Waals surface area contributed by atoms with Gasteiger partial charge in [0.15, 0.2) is 0 Å². The van der Waals surface area contributed by atoms with E-state index >= 15 is 0 Å². The molecular weight excluding hydrogens is 304 g/mol. The third-order valence-electron chi connectivity index (χ3n) is 3.52. The number of anilines is 1. The van der Waals surface area contributed by atoms with Crippen LogP contribution in [-0.4, -0.2) is 24.5 Å². The Labute approximate surface area is 135 Å². The summed E-state index contributed by atoms with van der Waals surface area (Å²) in [6, 6.07) is 4.96. The molecule has 0 atom stereocenters. The third kappa shape index (κ3) is 3.53. The summed E-state index contributed by atoms with van der Waals surface area (Å²) in [5, 5.41) is 6.12. The molecule has 5 nitrogen and oxygen atoms in total. The molecule has 1 saturated carbocycles. The Kier molecular flexibility index (Phi) is 4.38. The Bertz CT molecular complexity index is 604. The molecule has 0 aliphatic heterocycles. The first-order chi connectivity index (χ1) is 10.2. The van der Waals surface area contributed by atoms with Gasteiger partial charge in [-0.15, -0.1) is 0 Å². The summed E-state index contributed by atoms with van der Waals surface area (Å²) in [6.07, 6.45) is 1.09. The van der Waals surface area contributed by atoms with Crippen molar-refractivity contribution in [3.05, 3.63) is 23.2 Å². The smallest absolute Gasteiger partial charge is 0.240 e. The lowest BCUT2D eigenvalue weighted by atomic mass is 10.0. The van der Waals surface area contributed by atoms with E-state index in [2.05, 4.69) is 10.6 Å². The summed E-state index contributed by atoms with van der Waals surface area (Å²) >= 11 is 5.95. The van der Waals surface area contributed by atoms with E-state index in [0.29, 0.717) is 29.3 Å². The Morgan fingerprint density at radius 2 is 1.86 bits per heavy atom. The van der Waals surface area contributed by atoms with E-state index in [-0.39, 0.29) is 17.4 Å². The van der Waals surface area contributed by atoms with Crippen molar-refractivity contribution in [1.29, 1.82) is 0 Å². The summed E-state index contributed by atoms with van der Waals surface area (Å²) in [6.45, 7) is 5.66. The van der Waals surface area contributed by atoms with Crippen LogP contribution in [0.3, 0.4) is 0 Å². The molecule has 1 fully saturated rings. The molecule has 1 aliphatic carbocycles. The maximum atomic E-state index is 12.5. The van der Waals surface area contributed by atoms with Crippen molar-refractivity contribution in [2.45, 2.75) is 39.2 Å². The molecule has 2 N–H and O–H groups in total. The fraction of sp³-hybridized carbons (Fsp3) is 0.500. The van der Waals surface area contributed by atoms with Gasteiger partial charge in [0.1, 0.15) is 11.2 Å². The van der Waals surface area contributed by atoms with E-state index in [1.807, 2.05) is 20.8 Å². The van der Waals surface area contributed by atoms with Crippen molar-refractivity contribution in [1.82, 2.24) is 5.32 Å². The number of hydrogen-bond acceptors (Lipinski definition) is 3. The fourth-order valence-corrected chi connectivity index (χ4v) is 2.33. The molecule has 0 heterocycles. The zero-order valence-corrected chi connectivity index (χ0v) is 14.0. The van der Waals surface area contributed by atoms with Crippen molar-refractivity contribution >= 4 is 29.1 Å². The van der Waals surface area contributed by atoms with Crippen LogP contribution < -0.4 is 15.4 Å². The number of methoxy groups -OCH3 is 1. The number of hydrogen-bond donors (Lipinski definition) is 2. The number of ether oxygens (including phenoxy) is 1. The van der Waals surface area contributed by atoms with Crippen molar-refractivity contribution in [2.24, 2.45) is 5.41 Å². The van der Waals surface area contributed by atoms with E-state index in [4.69, 9.17) is 16.3 Å². The van der Waals surface area contributed by atoms with Gasteiger partial charge in [0.05, 0.1) is 12.8 Å². The number of nitrogens with one attached hydrogen (secondary N) is 2. The second-order valence-corrected chi connectivity index (χ2v) is 7.02. The van der Waals surface area contributed by atoms with Crippen LogP contribution in [0.1, 0.15) is 33.6 Å². The molecule has 6 heteroatoms. The Hall–Kier alpha value is -1.75. The lowest BCUT2D eigenvalue weighted by molar-refractivity contribution is -0.135. The zero-order valence-electron chi connectivity index (χ0n) is 13.2. The molecule has 0 bridgehead atoms. The summed E-state index contributed by atoms with van der Waals surface area (Å²) < 4.78 is 5.20.